The Bertz CT molecular complexity index is 4190. The summed E-state index contributed by atoms with van der Waals surface area (Å²) in [5.74, 6) is -0.142. The van der Waals surface area contributed by atoms with Gasteiger partial charge in [0, 0.05) is 33.3 Å². The van der Waals surface area contributed by atoms with Crippen molar-refractivity contribution in [1.29, 1.82) is 0 Å². The number of imidazole rings is 2. The molecule has 4 aromatic carbocycles. The fourth-order valence-electron chi connectivity index (χ4n) is 10.0. The number of benzene rings is 4. The number of aromatic nitrogens is 8. The van der Waals surface area contributed by atoms with Gasteiger partial charge in [-0.15, -0.1) is 38.7 Å². The highest BCUT2D eigenvalue weighted by atomic mass is 35.9. The van der Waals surface area contributed by atoms with Gasteiger partial charge in [0.2, 0.25) is 23.7 Å². The molecule has 0 bridgehead atoms. The molecule has 2 aliphatic heterocycles. The van der Waals surface area contributed by atoms with E-state index in [1.807, 2.05) is 48.5 Å². The maximum absolute atomic E-state index is 14.4. The number of unbranched alkanes of at least 4 members (excludes halogenated alkanes) is 2. The van der Waals surface area contributed by atoms with Gasteiger partial charge in [-0.05, 0) is 89.1 Å². The van der Waals surface area contributed by atoms with E-state index >= 15 is 0 Å². The van der Waals surface area contributed by atoms with Gasteiger partial charge in [0.05, 0.1) is 52.3 Å². The summed E-state index contributed by atoms with van der Waals surface area (Å²) in [4.78, 5) is 48.6. The summed E-state index contributed by atoms with van der Waals surface area (Å²) < 4.78 is 78.2. The molecule has 0 amide bonds. The highest BCUT2D eigenvalue weighted by Crippen LogP contribution is 2.58. The first-order valence-corrected chi connectivity index (χ1v) is 36.5. The smallest absolute Gasteiger partial charge is 0.459 e. The predicted molar refractivity (Wildman–Crippen MR) is 385 cm³/mol. The van der Waals surface area contributed by atoms with Crippen LogP contribution in [-0.4, -0.2) is 164 Å². The number of ether oxygens (including phenoxy) is 6. The Balaban J connectivity index is 0.000000253. The first-order chi connectivity index (χ1) is 47.6. The van der Waals surface area contributed by atoms with Gasteiger partial charge in [-0.1, -0.05) is 97.1 Å². The van der Waals surface area contributed by atoms with Gasteiger partial charge in [0.15, 0.2) is 34.8 Å². The molecule has 101 heavy (non-hydrogen) atoms. The fourth-order valence-corrected chi connectivity index (χ4v) is 12.4. The quantitative estimate of drug-likeness (QED) is 0.00875. The van der Waals surface area contributed by atoms with Crippen molar-refractivity contribution in [3.8, 4) is 23.3 Å². The molecule has 6 heterocycles. The van der Waals surface area contributed by atoms with Gasteiger partial charge < -0.3 is 80.2 Å². The zero-order valence-electron chi connectivity index (χ0n) is 55.9. The average molecular weight is 1500 g/mol. The van der Waals surface area contributed by atoms with Crippen LogP contribution in [0.1, 0.15) is 78.7 Å². The molecule has 12 N–H and O–H groups in total. The van der Waals surface area contributed by atoms with Crippen LogP contribution in [0.3, 0.4) is 0 Å². The van der Waals surface area contributed by atoms with E-state index in [9.17, 15) is 44.3 Å². The molecule has 548 valence electrons. The minimum absolute atomic E-state index is 0. The van der Waals surface area contributed by atoms with Gasteiger partial charge in [-0.2, -0.15) is 25.0 Å². The summed E-state index contributed by atoms with van der Waals surface area (Å²) in [5.41, 5.74) is 14.5. The number of halogens is 3. The number of nitrogens with one attached hydrogen (secondary N) is 1. The number of rotatable bonds is 30. The van der Waals surface area contributed by atoms with Crippen LogP contribution in [0.5, 0.6) is 23.3 Å². The summed E-state index contributed by atoms with van der Waals surface area (Å²) in [6.45, 7) is 20.6. The number of fused-ring (bicyclic) bond motifs is 4. The van der Waals surface area contributed by atoms with Gasteiger partial charge in [-0.25, -0.2) is 19.1 Å². The van der Waals surface area contributed by atoms with Gasteiger partial charge in [0.1, 0.15) is 59.2 Å². The molecule has 10 rings (SSSR count). The van der Waals surface area contributed by atoms with E-state index in [4.69, 9.17) is 81.7 Å². The van der Waals surface area contributed by atoms with Crippen LogP contribution in [0.2, 0.25) is 0 Å². The fraction of sp³-hybridized carbons (Fsp3) is 0.394. The van der Waals surface area contributed by atoms with Crippen LogP contribution in [-0.2, 0) is 42.2 Å². The highest BCUT2D eigenvalue weighted by Gasteiger charge is 2.55. The van der Waals surface area contributed by atoms with Crippen LogP contribution in [0.4, 0.5) is 11.9 Å². The van der Waals surface area contributed by atoms with Crippen molar-refractivity contribution < 1.29 is 86.2 Å². The molecular weight excluding hydrogens is 1420 g/mol. The number of allylic oxidation sites excluding steroid dienone is 2. The first kappa shape index (κ1) is 82.1. The summed E-state index contributed by atoms with van der Waals surface area (Å²) >= 11 is 10.7. The predicted octanol–water partition coefficient (Wildman–Crippen LogP) is 9.65. The zero-order chi connectivity index (χ0) is 73.0. The lowest BCUT2D eigenvalue weighted by Crippen LogP contribution is -2.44. The summed E-state index contributed by atoms with van der Waals surface area (Å²) in [7, 11) is -4.39. The van der Waals surface area contributed by atoms with Crippen molar-refractivity contribution in [1.82, 2.24) is 44.1 Å². The van der Waals surface area contributed by atoms with Crippen LogP contribution in [0.15, 0.2) is 148 Å². The lowest BCUT2D eigenvalue weighted by molar-refractivity contribution is -0.146. The van der Waals surface area contributed by atoms with Crippen LogP contribution in [0, 0.1) is 0 Å². The molecule has 30 nitrogen and oxygen atoms in total. The summed E-state index contributed by atoms with van der Waals surface area (Å²) in [6, 6.07) is 23.9. The van der Waals surface area contributed by atoms with Crippen molar-refractivity contribution in [2.24, 2.45) is 5.73 Å². The number of carbonyl (C=O) groups excluding carboxylic acids is 2. The van der Waals surface area contributed by atoms with E-state index in [-0.39, 0.29) is 77.8 Å². The van der Waals surface area contributed by atoms with Crippen molar-refractivity contribution in [2.45, 2.75) is 126 Å². The molecule has 0 spiro atoms. The maximum Gasteiger partial charge on any atom is 0.459 e. The maximum atomic E-state index is 14.4. The molecule has 11 atom stereocenters. The second-order valence-corrected chi connectivity index (χ2v) is 28.9. The second-order valence-electron chi connectivity index (χ2n) is 23.0. The SMILES string of the molecule is C=CCCCOC(=O)[C@H](C)N.C=CCCCOC(=O)[C@H](C)NP(=O)(OCC1OC(n2cnc3c(OCCC=C)nc(N)nc32)[C@](C)(O)[C@@H]1O)Oc1cccc2ccccc12.C=CCCOc1nc(N)nc2c1ncn2C1OC(CO)[C@@H](O)[C@@]1(C)O.Cl.O=P(Cl)(Cl)Oc1cccc2ccccc12. The number of anilines is 2. The lowest BCUT2D eigenvalue weighted by atomic mass is 9.96. The molecule has 5 unspecified atom stereocenters. The average Bonchev–Trinajstić information content (AvgIpc) is 1.61. The molecule has 0 saturated carbocycles. The van der Waals surface area contributed by atoms with E-state index in [0.717, 1.165) is 29.0 Å². The summed E-state index contributed by atoms with van der Waals surface area (Å²) in [5, 5.41) is 58.7. The van der Waals surface area contributed by atoms with E-state index in [1.165, 1.54) is 42.6 Å². The first-order valence-electron chi connectivity index (χ1n) is 31.5. The number of nitrogens with two attached hydrogens (primary N) is 3. The third-order valence-electron chi connectivity index (χ3n) is 15.1. The lowest BCUT2D eigenvalue weighted by Gasteiger charge is -2.27. The third-order valence-corrected chi connectivity index (χ3v) is 17.6. The standard InChI is InChI=1S/C33H41N6O9P.C15H21N5O5.C10H7Cl2O2P.C8H15NO2.ClH/c1-5-7-11-18-45-30(41)21(3)38-49(43,48-24-16-12-14-22-13-9-10-15-23(22)24)46-19-25-27(40)33(4,42)31(47-25)39-20-35-26-28(39)36-32(34)37-29(26)44-17-8-6-2;1-3-4-5-24-12-9-11(18-14(16)19-12)20(7-17-9)13-15(2,23)10(22)8(6-21)25-13;11-15(12,13)14-10-7-3-5-8-4-1-2-6-9(8)10;1-3-4-5-6-11-8(10)7(2)9;/h5-6,9-10,12-16,20-21,25,27,31,40,42H,1-2,7-8,11,17-19H2,3-4H3,(H,38,43)(H2,34,36,37);3,7-8,10,13,21-23H,1,4-6H2,2H3,(H2,16,18,19);1-7H;3,7H,1,4-6,9H2,2H3;1H/t21-,25?,27+,31?,33+,49?;8?,10-,13?,15-;;7-;/m01.0./s1. The number of nitrogens with zero attached hydrogens (tertiary/aromatic N) is 8. The summed E-state index contributed by atoms with van der Waals surface area (Å²) in [6.07, 6.45) is 2.97. The van der Waals surface area contributed by atoms with E-state index in [0.29, 0.717) is 55.5 Å². The van der Waals surface area contributed by atoms with Crippen molar-refractivity contribution in [3.05, 3.63) is 148 Å². The van der Waals surface area contributed by atoms with Gasteiger partial charge in [-0.3, -0.25) is 23.2 Å². The van der Waals surface area contributed by atoms with Crippen molar-refractivity contribution in [2.75, 3.05) is 51.1 Å². The molecule has 8 aromatic rings. The van der Waals surface area contributed by atoms with Gasteiger partial charge in [0.25, 0.3) is 0 Å². The largest absolute Gasteiger partial charge is 0.476 e. The third kappa shape index (κ3) is 21.8. The van der Waals surface area contributed by atoms with Crippen molar-refractivity contribution >= 4 is 116 Å². The normalized spacial score (nSPS) is 21.1. The Labute approximate surface area is 598 Å². The van der Waals surface area contributed by atoms with E-state index < -0.39 is 93.2 Å². The van der Waals surface area contributed by atoms with Crippen LogP contribution >= 0.6 is 48.7 Å². The molecule has 2 aliphatic rings. The number of hydrogen-bond acceptors (Lipinski definition) is 27. The van der Waals surface area contributed by atoms with E-state index in [1.54, 1.807) is 67.6 Å². The second kappa shape index (κ2) is 37.9. The Morgan fingerprint density at radius 1 is 0.653 bits per heavy atom. The zero-order valence-corrected chi connectivity index (χ0v) is 60.0. The van der Waals surface area contributed by atoms with Crippen LogP contribution < -0.4 is 40.8 Å². The number of nitrogen functional groups attached to an aromatic ring is 2. The molecule has 4 aromatic heterocycles. The number of aliphatic hydroxyl groups is 5. The number of carbonyl (C=O) groups is 2. The molecule has 0 radical (unpaired) electrons. The Morgan fingerprint density at radius 2 is 1.08 bits per heavy atom. The minimum Gasteiger partial charge on any atom is -0.476 e. The Hall–Kier alpha value is -7.87. The topological polar surface area (TPSA) is 430 Å². The molecule has 2 saturated heterocycles. The Morgan fingerprint density at radius 3 is 1.51 bits per heavy atom. The molecule has 2 fully saturated rings. The Kier molecular flexibility index (Phi) is 30.8. The monoisotopic (exact) mass is 1500 g/mol. The van der Waals surface area contributed by atoms with Gasteiger partial charge >= 0.3 is 25.8 Å². The number of hydrogen-bond donors (Lipinski definition) is 9. The van der Waals surface area contributed by atoms with Crippen molar-refractivity contribution in [3.63, 3.8) is 0 Å². The molecule has 35 heteroatoms. The highest BCUT2D eigenvalue weighted by molar-refractivity contribution is 8.05. The number of aliphatic hydroxyl groups excluding tert-OH is 3. The molecule has 0 aliphatic carbocycles. The number of esters is 2. The molecular formula is C66H85Cl3N12O18P2. The van der Waals surface area contributed by atoms with E-state index in [2.05, 4.69) is 61.3 Å². The minimum atomic E-state index is -4.39. The van der Waals surface area contributed by atoms with Crippen LogP contribution in [0.25, 0.3) is 43.9 Å².